The molecule has 0 saturated heterocycles. The highest BCUT2D eigenvalue weighted by Gasteiger charge is 2.32. The molecule has 1 heterocycles. The Morgan fingerprint density at radius 2 is 1.86 bits per heavy atom. The summed E-state index contributed by atoms with van der Waals surface area (Å²) in [7, 11) is -2.21. The minimum Gasteiger partial charge on any atom is -0.390 e. The van der Waals surface area contributed by atoms with Crippen LogP contribution in [-0.2, 0) is 16.4 Å². The normalized spacial score (nSPS) is 19.5. The molecule has 0 bridgehead atoms. The summed E-state index contributed by atoms with van der Waals surface area (Å²) in [6.07, 6.45) is 3.70. The molecule has 4 N–H and O–H groups in total. The second-order valence-corrected chi connectivity index (χ2v) is 15.8. The first-order chi connectivity index (χ1) is 20.7. The smallest absolute Gasteiger partial charge is 0.251 e. The molecule has 2 saturated carbocycles. The largest absolute Gasteiger partial charge is 0.390 e. The number of rotatable bonds is 15. The van der Waals surface area contributed by atoms with Gasteiger partial charge in [0.05, 0.1) is 22.9 Å². The van der Waals surface area contributed by atoms with E-state index in [-0.39, 0.29) is 17.9 Å². The minimum atomic E-state index is -3.67. The number of aliphatic hydroxyl groups is 1. The molecule has 0 spiro atoms. The predicted molar refractivity (Wildman–Crippen MR) is 177 cm³/mol. The summed E-state index contributed by atoms with van der Waals surface area (Å²) in [6, 6.07) is 12.5. The third-order valence-electron chi connectivity index (χ3n) is 8.48. The minimum absolute atomic E-state index is 0.164. The molecule has 1 aromatic heterocycles. The van der Waals surface area contributed by atoms with E-state index >= 15 is 0 Å². The molecule has 9 nitrogen and oxygen atoms in total. The van der Waals surface area contributed by atoms with Crippen molar-refractivity contribution >= 4 is 27.6 Å². The first-order valence-electron chi connectivity index (χ1n) is 15.8. The van der Waals surface area contributed by atoms with Crippen LogP contribution in [-0.4, -0.2) is 67.5 Å². The van der Waals surface area contributed by atoms with Crippen molar-refractivity contribution < 1.29 is 18.3 Å². The molecule has 2 aromatic rings. The number of pyridine rings is 1. The zero-order chi connectivity index (χ0) is 32.1. The monoisotopic (exact) mass is 623 g/mol. The first kappa shape index (κ1) is 33.8. The summed E-state index contributed by atoms with van der Waals surface area (Å²) < 4.78 is 27.1. The molecule has 44 heavy (non-hydrogen) atoms. The number of aliphatic hydroxyl groups excluding tert-OH is 1. The standard InChI is InChI=1S/C34H49N5O4S/c1-23(2)44(42,43)39(6)32-20-27(19-31(38-32)35-21-28-18-24(28)3)33(41)37-29(15-14-25-10-8-7-9-11-25)30(40)22-36-34(4,5)17-16-26-12-13-26/h7-11,19-20,23-24,26,28-30,36,40H,12-15,18,21-22H2,1-6H3,(H,35,38)(H,37,41). The van der Waals surface area contributed by atoms with E-state index in [1.165, 1.54) is 13.1 Å². The molecule has 4 unspecified atom stereocenters. The van der Waals surface area contributed by atoms with Gasteiger partial charge in [-0.15, -0.1) is 0 Å². The number of aromatic nitrogens is 1. The molecule has 0 aliphatic heterocycles. The SMILES string of the molecule is CC1CC1CNc1cc(C(=O)NC(CCc2ccccc2)C(O)CNC(C)(C)C#CC2CC2)cc(N(C)S(=O)(=O)C(C)C)n1. The first-order valence-corrected chi connectivity index (χ1v) is 17.3. The van der Waals surface area contributed by atoms with Gasteiger partial charge >= 0.3 is 0 Å². The number of aryl methyl sites for hydroxylation is 1. The molecule has 1 amide bonds. The van der Waals surface area contributed by atoms with Gasteiger partial charge in [0.25, 0.3) is 5.91 Å². The van der Waals surface area contributed by atoms with Crippen molar-refractivity contribution in [2.45, 2.75) is 89.7 Å². The van der Waals surface area contributed by atoms with Gasteiger partial charge in [-0.1, -0.05) is 49.1 Å². The maximum Gasteiger partial charge on any atom is 0.251 e. The summed E-state index contributed by atoms with van der Waals surface area (Å²) in [5, 5.41) is 20.4. The maximum atomic E-state index is 13.8. The van der Waals surface area contributed by atoms with Crippen LogP contribution in [0.1, 0.15) is 76.2 Å². The number of β-amino-alcohol motifs (C(OH)–C–C–N with tert-alkyl or cyclic N) is 1. The third kappa shape index (κ3) is 9.68. The Balaban J connectivity index is 1.54. The molecule has 2 aliphatic carbocycles. The Labute approximate surface area is 263 Å². The number of carbonyl (C=O) groups is 1. The number of nitrogens with zero attached hydrogens (tertiary/aromatic N) is 2. The Hall–Kier alpha value is -3.13. The van der Waals surface area contributed by atoms with Gasteiger partial charge in [0, 0.05) is 31.6 Å². The van der Waals surface area contributed by atoms with Gasteiger partial charge in [-0.05, 0) is 89.3 Å². The lowest BCUT2D eigenvalue weighted by Gasteiger charge is -2.28. The van der Waals surface area contributed by atoms with E-state index in [0.29, 0.717) is 43.0 Å². The van der Waals surface area contributed by atoms with E-state index in [1.807, 2.05) is 44.2 Å². The van der Waals surface area contributed by atoms with E-state index < -0.39 is 38.9 Å². The van der Waals surface area contributed by atoms with Crippen LogP contribution in [0.15, 0.2) is 42.5 Å². The number of anilines is 2. The Morgan fingerprint density at radius 3 is 2.48 bits per heavy atom. The highest BCUT2D eigenvalue weighted by atomic mass is 32.2. The summed E-state index contributed by atoms with van der Waals surface area (Å²) >= 11 is 0. The van der Waals surface area contributed by atoms with Gasteiger partial charge in [-0.2, -0.15) is 0 Å². The Bertz CT molecular complexity index is 1450. The Kier molecular flexibility index (Phi) is 11.0. The second kappa shape index (κ2) is 14.3. The van der Waals surface area contributed by atoms with Gasteiger partial charge in [0.1, 0.15) is 11.6 Å². The quantitative estimate of drug-likeness (QED) is 0.219. The molecule has 0 radical (unpaired) electrons. The third-order valence-corrected chi connectivity index (χ3v) is 10.6. The van der Waals surface area contributed by atoms with Crippen LogP contribution in [0.3, 0.4) is 0 Å². The van der Waals surface area contributed by atoms with Crippen LogP contribution < -0.4 is 20.3 Å². The van der Waals surface area contributed by atoms with Crippen molar-refractivity contribution in [1.29, 1.82) is 0 Å². The molecular weight excluding hydrogens is 574 g/mol. The van der Waals surface area contributed by atoms with Gasteiger partial charge < -0.3 is 15.7 Å². The lowest BCUT2D eigenvalue weighted by atomic mass is 9.99. The molecule has 10 heteroatoms. The summed E-state index contributed by atoms with van der Waals surface area (Å²) in [4.78, 5) is 18.3. The zero-order valence-electron chi connectivity index (χ0n) is 26.9. The van der Waals surface area contributed by atoms with Crippen LogP contribution in [0.5, 0.6) is 0 Å². The summed E-state index contributed by atoms with van der Waals surface area (Å²) in [5.41, 5.74) is 0.895. The number of benzene rings is 1. The van der Waals surface area contributed by atoms with Crippen molar-refractivity contribution in [1.82, 2.24) is 15.6 Å². The number of hydrogen-bond donors (Lipinski definition) is 4. The van der Waals surface area contributed by atoms with Crippen molar-refractivity contribution in [3.63, 3.8) is 0 Å². The van der Waals surface area contributed by atoms with Crippen LogP contribution in [0, 0.1) is 29.6 Å². The van der Waals surface area contributed by atoms with Gasteiger partial charge in [-0.25, -0.2) is 13.4 Å². The lowest BCUT2D eigenvalue weighted by molar-refractivity contribution is 0.0809. The number of amides is 1. The van der Waals surface area contributed by atoms with Gasteiger partial charge in [-0.3, -0.25) is 14.4 Å². The van der Waals surface area contributed by atoms with E-state index in [0.717, 1.165) is 29.1 Å². The van der Waals surface area contributed by atoms with Gasteiger partial charge in [0.2, 0.25) is 10.0 Å². The van der Waals surface area contributed by atoms with Crippen LogP contribution in [0.4, 0.5) is 11.6 Å². The average molecular weight is 624 g/mol. The van der Waals surface area contributed by atoms with Crippen LogP contribution in [0.2, 0.25) is 0 Å². The number of hydrogen-bond acceptors (Lipinski definition) is 7. The summed E-state index contributed by atoms with van der Waals surface area (Å²) in [6.45, 7) is 10.3. The molecule has 4 atom stereocenters. The molecule has 2 fully saturated rings. The fourth-order valence-corrected chi connectivity index (χ4v) is 5.89. The van der Waals surface area contributed by atoms with Crippen molar-refractivity contribution in [3.8, 4) is 11.8 Å². The fourth-order valence-electron chi connectivity index (χ4n) is 4.90. The van der Waals surface area contributed by atoms with E-state index in [1.54, 1.807) is 19.9 Å². The van der Waals surface area contributed by atoms with Crippen LogP contribution in [0.25, 0.3) is 0 Å². The fraction of sp³-hybridized carbons (Fsp3) is 0.588. The van der Waals surface area contributed by atoms with E-state index in [9.17, 15) is 18.3 Å². The number of carbonyl (C=O) groups excluding carboxylic acids is 1. The second-order valence-electron chi connectivity index (χ2n) is 13.2. The molecular formula is C34H49N5O4S. The molecule has 2 aliphatic rings. The lowest BCUT2D eigenvalue weighted by Crippen LogP contribution is -2.51. The van der Waals surface area contributed by atoms with Crippen molar-refractivity contribution in [3.05, 3.63) is 53.6 Å². The van der Waals surface area contributed by atoms with Gasteiger partial charge in [0.15, 0.2) is 0 Å². The Morgan fingerprint density at radius 1 is 1.18 bits per heavy atom. The predicted octanol–water partition coefficient (Wildman–Crippen LogP) is 4.20. The maximum absolute atomic E-state index is 13.8. The van der Waals surface area contributed by atoms with E-state index in [2.05, 4.69) is 39.7 Å². The van der Waals surface area contributed by atoms with Crippen LogP contribution >= 0.6 is 0 Å². The number of nitrogens with one attached hydrogen (secondary N) is 3. The molecule has 240 valence electrons. The summed E-state index contributed by atoms with van der Waals surface area (Å²) in [5.74, 6) is 8.40. The zero-order valence-corrected chi connectivity index (χ0v) is 27.7. The average Bonchev–Trinajstić information content (AvgIpc) is 3.93. The van der Waals surface area contributed by atoms with E-state index in [4.69, 9.17) is 0 Å². The molecule has 4 rings (SSSR count). The highest BCUT2D eigenvalue weighted by Crippen LogP contribution is 2.37. The van der Waals surface area contributed by atoms with Crippen molar-refractivity contribution in [2.24, 2.45) is 17.8 Å². The van der Waals surface area contributed by atoms with Crippen molar-refractivity contribution in [2.75, 3.05) is 29.8 Å². The topological polar surface area (TPSA) is 124 Å². The highest BCUT2D eigenvalue weighted by molar-refractivity contribution is 7.93. The number of sulfonamides is 1. The molecule has 1 aromatic carbocycles.